The van der Waals surface area contributed by atoms with Crippen molar-refractivity contribution in [3.05, 3.63) is 65.2 Å². The first-order valence-corrected chi connectivity index (χ1v) is 11.6. The van der Waals surface area contributed by atoms with E-state index in [4.69, 9.17) is 0 Å². The summed E-state index contributed by atoms with van der Waals surface area (Å²) in [5, 5.41) is 9.69. The van der Waals surface area contributed by atoms with Crippen LogP contribution in [0.3, 0.4) is 0 Å². The second kappa shape index (κ2) is 9.95. The molecule has 2 aromatic carbocycles. The van der Waals surface area contributed by atoms with Crippen LogP contribution < -0.4 is 4.90 Å². The number of piperidine rings is 1. The third-order valence-corrected chi connectivity index (χ3v) is 7.17. The summed E-state index contributed by atoms with van der Waals surface area (Å²) in [4.78, 5) is 7.87. The lowest BCUT2D eigenvalue weighted by molar-refractivity contribution is 0.0253. The number of hydrogen-bond donors (Lipinski definition) is 1. The molecule has 0 aliphatic carbocycles. The van der Waals surface area contributed by atoms with Crippen LogP contribution in [-0.4, -0.2) is 66.3 Å². The number of aliphatic hydroxyl groups is 1. The van der Waals surface area contributed by atoms with E-state index in [9.17, 15) is 5.11 Å². The zero-order valence-corrected chi connectivity index (χ0v) is 18.6. The zero-order chi connectivity index (χ0) is 20.9. The summed E-state index contributed by atoms with van der Waals surface area (Å²) in [5.41, 5.74) is 5.56. The lowest BCUT2D eigenvalue weighted by Gasteiger charge is -2.47. The highest BCUT2D eigenvalue weighted by Gasteiger charge is 2.32. The molecule has 30 heavy (non-hydrogen) atoms. The van der Waals surface area contributed by atoms with E-state index < -0.39 is 0 Å². The fraction of sp³-hybridized carbons (Fsp3) is 0.538. The van der Waals surface area contributed by atoms with E-state index in [1.807, 2.05) is 0 Å². The maximum atomic E-state index is 9.69. The van der Waals surface area contributed by atoms with Crippen molar-refractivity contribution in [2.24, 2.45) is 0 Å². The van der Waals surface area contributed by atoms with Crippen molar-refractivity contribution in [1.82, 2.24) is 9.80 Å². The predicted molar refractivity (Wildman–Crippen MR) is 125 cm³/mol. The first kappa shape index (κ1) is 21.4. The molecule has 1 atom stereocenters. The minimum absolute atomic E-state index is 0.272. The van der Waals surface area contributed by atoms with E-state index in [0.29, 0.717) is 12.1 Å². The van der Waals surface area contributed by atoms with Gasteiger partial charge in [0.25, 0.3) is 0 Å². The van der Waals surface area contributed by atoms with Gasteiger partial charge in [-0.15, -0.1) is 0 Å². The predicted octanol–water partition coefficient (Wildman–Crippen LogP) is 3.84. The molecule has 2 saturated heterocycles. The Hall–Kier alpha value is -1.88. The second-order valence-electron chi connectivity index (χ2n) is 9.06. The van der Waals surface area contributed by atoms with Gasteiger partial charge in [0.1, 0.15) is 0 Å². The van der Waals surface area contributed by atoms with Gasteiger partial charge < -0.3 is 10.0 Å². The van der Waals surface area contributed by atoms with Gasteiger partial charge in [-0.25, -0.2) is 0 Å². The van der Waals surface area contributed by atoms with E-state index in [-0.39, 0.29) is 6.61 Å². The van der Waals surface area contributed by atoms with Crippen molar-refractivity contribution < 1.29 is 5.11 Å². The van der Waals surface area contributed by atoms with Crippen LogP contribution in [0, 0.1) is 13.8 Å². The van der Waals surface area contributed by atoms with Crippen LogP contribution in [0.2, 0.25) is 0 Å². The summed E-state index contributed by atoms with van der Waals surface area (Å²) in [7, 11) is 0. The van der Waals surface area contributed by atoms with Gasteiger partial charge in [0.15, 0.2) is 0 Å². The van der Waals surface area contributed by atoms with Crippen LogP contribution in [0.15, 0.2) is 48.5 Å². The number of benzene rings is 2. The van der Waals surface area contributed by atoms with Crippen molar-refractivity contribution in [1.29, 1.82) is 0 Å². The Bertz CT molecular complexity index is 815. The normalized spacial score (nSPS) is 21.8. The molecule has 2 aliphatic rings. The molecule has 4 rings (SSSR count). The largest absolute Gasteiger partial charge is 0.396 e. The van der Waals surface area contributed by atoms with Crippen molar-refractivity contribution in [3.63, 3.8) is 0 Å². The van der Waals surface area contributed by atoms with Crippen LogP contribution in [0.4, 0.5) is 5.69 Å². The summed E-state index contributed by atoms with van der Waals surface area (Å²) in [6.07, 6.45) is 3.33. The van der Waals surface area contributed by atoms with Gasteiger partial charge in [0, 0.05) is 63.6 Å². The lowest BCUT2D eigenvalue weighted by Crippen LogP contribution is -2.57. The first-order chi connectivity index (χ1) is 14.7. The molecule has 0 spiro atoms. The Labute approximate surface area is 182 Å². The van der Waals surface area contributed by atoms with Gasteiger partial charge in [-0.2, -0.15) is 0 Å². The highest BCUT2D eigenvalue weighted by Crippen LogP contribution is 2.27. The molecule has 0 radical (unpaired) electrons. The van der Waals surface area contributed by atoms with E-state index in [2.05, 4.69) is 77.1 Å². The molecule has 2 aromatic rings. The Morgan fingerprint density at radius 2 is 1.57 bits per heavy atom. The van der Waals surface area contributed by atoms with Crippen LogP contribution in [-0.2, 0) is 6.54 Å². The fourth-order valence-electron chi connectivity index (χ4n) is 5.28. The molecule has 2 aliphatic heterocycles. The van der Waals surface area contributed by atoms with E-state index in [0.717, 1.165) is 45.7 Å². The minimum atomic E-state index is 0.272. The van der Waals surface area contributed by atoms with Crippen molar-refractivity contribution in [2.45, 2.75) is 51.7 Å². The molecule has 0 amide bonds. The van der Waals surface area contributed by atoms with E-state index >= 15 is 0 Å². The summed E-state index contributed by atoms with van der Waals surface area (Å²) in [6.45, 7) is 11.3. The number of anilines is 1. The molecule has 1 N–H and O–H groups in total. The molecular formula is C26H37N3O. The fourth-order valence-corrected chi connectivity index (χ4v) is 5.28. The maximum absolute atomic E-state index is 9.69. The SMILES string of the molecule is Cc1ccccc1CN1CCN(C2CCN(c3ccccc3C)CC2)CC1CCO. The van der Waals surface area contributed by atoms with Gasteiger partial charge in [-0.3, -0.25) is 9.80 Å². The summed E-state index contributed by atoms with van der Waals surface area (Å²) >= 11 is 0. The first-order valence-electron chi connectivity index (χ1n) is 11.6. The van der Waals surface area contributed by atoms with Crippen molar-refractivity contribution >= 4 is 5.69 Å². The molecule has 1 unspecified atom stereocenters. The zero-order valence-electron chi connectivity index (χ0n) is 18.6. The standard InChI is InChI=1S/C26H37N3O/c1-21-7-3-5-9-23(21)19-28-16-17-29(20-25(28)13-18-30)24-11-14-27(15-12-24)26-10-6-4-8-22(26)2/h3-10,24-25,30H,11-20H2,1-2H3. The van der Waals surface area contributed by atoms with Crippen LogP contribution in [0.5, 0.6) is 0 Å². The molecular weight excluding hydrogens is 370 g/mol. The summed E-state index contributed by atoms with van der Waals surface area (Å²) in [6, 6.07) is 18.6. The Morgan fingerprint density at radius 1 is 0.867 bits per heavy atom. The highest BCUT2D eigenvalue weighted by atomic mass is 16.3. The molecule has 0 bridgehead atoms. The number of piperazine rings is 1. The van der Waals surface area contributed by atoms with Gasteiger partial charge in [0.05, 0.1) is 0 Å². The number of rotatable bonds is 6. The molecule has 2 heterocycles. The van der Waals surface area contributed by atoms with E-state index in [1.54, 1.807) is 0 Å². The minimum Gasteiger partial charge on any atom is -0.396 e. The molecule has 0 aromatic heterocycles. The highest BCUT2D eigenvalue weighted by molar-refractivity contribution is 5.53. The third-order valence-electron chi connectivity index (χ3n) is 7.17. The average molecular weight is 408 g/mol. The molecule has 0 saturated carbocycles. The van der Waals surface area contributed by atoms with Gasteiger partial charge in [-0.05, 0) is 55.9 Å². The molecule has 162 valence electrons. The van der Waals surface area contributed by atoms with Crippen LogP contribution >= 0.6 is 0 Å². The van der Waals surface area contributed by atoms with Crippen LogP contribution in [0.25, 0.3) is 0 Å². The Balaban J connectivity index is 1.35. The molecule has 2 fully saturated rings. The number of aliphatic hydroxyl groups excluding tert-OH is 1. The average Bonchev–Trinajstić information content (AvgIpc) is 2.77. The quantitative estimate of drug-likeness (QED) is 0.788. The topological polar surface area (TPSA) is 30.0 Å². The summed E-state index contributed by atoms with van der Waals surface area (Å²) < 4.78 is 0. The third kappa shape index (κ3) is 4.88. The Morgan fingerprint density at radius 3 is 2.27 bits per heavy atom. The van der Waals surface area contributed by atoms with Gasteiger partial charge in [-0.1, -0.05) is 42.5 Å². The number of nitrogens with zero attached hydrogens (tertiary/aromatic N) is 3. The molecule has 4 heteroatoms. The van der Waals surface area contributed by atoms with Crippen molar-refractivity contribution in [2.75, 3.05) is 44.2 Å². The summed E-state index contributed by atoms with van der Waals surface area (Å²) in [5.74, 6) is 0. The monoisotopic (exact) mass is 407 g/mol. The Kier molecular flexibility index (Phi) is 7.08. The van der Waals surface area contributed by atoms with Crippen LogP contribution in [0.1, 0.15) is 36.0 Å². The number of para-hydroxylation sites is 1. The van der Waals surface area contributed by atoms with Crippen molar-refractivity contribution in [3.8, 4) is 0 Å². The smallest absolute Gasteiger partial charge is 0.0446 e. The second-order valence-corrected chi connectivity index (χ2v) is 9.06. The lowest BCUT2D eigenvalue weighted by atomic mass is 9.98. The molecule has 4 nitrogen and oxygen atoms in total. The van der Waals surface area contributed by atoms with Gasteiger partial charge >= 0.3 is 0 Å². The van der Waals surface area contributed by atoms with Gasteiger partial charge in [0.2, 0.25) is 0 Å². The maximum Gasteiger partial charge on any atom is 0.0446 e. The number of hydrogen-bond acceptors (Lipinski definition) is 4. The van der Waals surface area contributed by atoms with E-state index in [1.165, 1.54) is 35.2 Å². The number of aryl methyl sites for hydroxylation is 2.